The van der Waals surface area contributed by atoms with E-state index in [0.29, 0.717) is 18.1 Å². The molecule has 7 heteroatoms. The van der Waals surface area contributed by atoms with E-state index in [1.165, 1.54) is 16.7 Å². The van der Waals surface area contributed by atoms with Gasteiger partial charge in [-0.2, -0.15) is 0 Å². The van der Waals surface area contributed by atoms with Crippen LogP contribution in [0.15, 0.2) is 22.8 Å². The van der Waals surface area contributed by atoms with Crippen LogP contribution in [-0.4, -0.2) is 45.7 Å². The smallest absolute Gasteiger partial charge is 0.327 e. The second kappa shape index (κ2) is 6.01. The topological polar surface area (TPSA) is 82.8 Å². The lowest BCUT2D eigenvalue weighted by Gasteiger charge is -2.23. The van der Waals surface area contributed by atoms with Gasteiger partial charge in [-0.05, 0) is 19.1 Å². The number of aliphatic carboxylic acids is 1. The maximum atomic E-state index is 12.0. The fraction of sp³-hybridized carbons (Fsp3) is 0.500. The van der Waals surface area contributed by atoms with Crippen molar-refractivity contribution in [1.29, 1.82) is 0 Å². The van der Waals surface area contributed by atoms with Gasteiger partial charge in [-0.15, -0.1) is 11.8 Å². The molecule has 0 aromatic carbocycles. The van der Waals surface area contributed by atoms with E-state index in [-0.39, 0.29) is 12.1 Å². The Hall–Kier alpha value is -1.63. The second-order valence-corrected chi connectivity index (χ2v) is 5.46. The first kappa shape index (κ1) is 13.8. The molecule has 1 aliphatic rings. The van der Waals surface area contributed by atoms with Crippen LogP contribution < -0.4 is 5.32 Å². The lowest BCUT2D eigenvalue weighted by Crippen LogP contribution is -2.49. The molecule has 1 fully saturated rings. The van der Waals surface area contributed by atoms with Crippen molar-refractivity contribution in [2.45, 2.75) is 25.4 Å². The van der Waals surface area contributed by atoms with Crippen LogP contribution in [0.1, 0.15) is 12.7 Å². The molecule has 2 heterocycles. The average Bonchev–Trinajstić information content (AvgIpc) is 2.97. The number of furan rings is 1. The maximum absolute atomic E-state index is 12.0. The van der Waals surface area contributed by atoms with Crippen molar-refractivity contribution in [3.63, 3.8) is 0 Å². The van der Waals surface area contributed by atoms with Gasteiger partial charge in [0.2, 0.25) is 0 Å². The molecule has 6 nitrogen and oxygen atoms in total. The minimum Gasteiger partial charge on any atom is -0.480 e. The monoisotopic (exact) mass is 284 g/mol. The zero-order valence-electron chi connectivity index (χ0n) is 10.5. The molecule has 104 valence electrons. The number of hydrogen-bond acceptors (Lipinski definition) is 4. The molecule has 1 aliphatic heterocycles. The number of carbonyl (C=O) groups is 2. The molecular weight excluding hydrogens is 268 g/mol. The number of hydrogen-bond donors (Lipinski definition) is 2. The van der Waals surface area contributed by atoms with Crippen molar-refractivity contribution in [2.75, 3.05) is 11.6 Å². The number of thioether (sulfide) groups is 1. The summed E-state index contributed by atoms with van der Waals surface area (Å²) in [6, 6.07) is 2.45. The van der Waals surface area contributed by atoms with Gasteiger partial charge in [0.05, 0.1) is 12.1 Å². The van der Waals surface area contributed by atoms with Crippen LogP contribution in [-0.2, 0) is 11.2 Å². The van der Waals surface area contributed by atoms with Crippen molar-refractivity contribution < 1.29 is 19.1 Å². The molecule has 0 bridgehead atoms. The van der Waals surface area contributed by atoms with Gasteiger partial charge in [-0.3, -0.25) is 0 Å². The van der Waals surface area contributed by atoms with Gasteiger partial charge in [-0.25, -0.2) is 9.59 Å². The third kappa shape index (κ3) is 3.44. The second-order valence-electron chi connectivity index (χ2n) is 4.46. The number of carboxylic acids is 1. The maximum Gasteiger partial charge on any atom is 0.327 e. The van der Waals surface area contributed by atoms with E-state index in [9.17, 15) is 9.59 Å². The summed E-state index contributed by atoms with van der Waals surface area (Å²) in [5.74, 6) is 0.684. The van der Waals surface area contributed by atoms with E-state index in [1.54, 1.807) is 12.3 Å². The lowest BCUT2D eigenvalue weighted by atomic mass is 10.2. The summed E-state index contributed by atoms with van der Waals surface area (Å²) in [6.45, 7) is 1.86. The van der Waals surface area contributed by atoms with Crippen molar-refractivity contribution in [2.24, 2.45) is 0 Å². The number of nitrogens with one attached hydrogen (secondary N) is 1. The summed E-state index contributed by atoms with van der Waals surface area (Å²) in [4.78, 5) is 24.4. The highest BCUT2D eigenvalue weighted by molar-refractivity contribution is 7.99. The molecule has 19 heavy (non-hydrogen) atoms. The highest BCUT2D eigenvalue weighted by Gasteiger charge is 2.34. The zero-order valence-corrected chi connectivity index (χ0v) is 11.4. The first-order chi connectivity index (χ1) is 9.08. The van der Waals surface area contributed by atoms with Gasteiger partial charge in [0.1, 0.15) is 11.8 Å². The van der Waals surface area contributed by atoms with Gasteiger partial charge in [-0.1, -0.05) is 0 Å². The van der Waals surface area contributed by atoms with Gasteiger partial charge >= 0.3 is 12.0 Å². The number of amides is 2. The number of urea groups is 1. The normalized spacial score (nSPS) is 20.3. The Labute approximate surface area is 115 Å². The first-order valence-corrected chi connectivity index (χ1v) is 7.13. The standard InChI is InChI=1S/C12H16N2O4S/c1-8(5-9-3-2-4-18-9)13-12(17)14-7-19-6-10(14)11(15)16/h2-4,8,10H,5-7H2,1H3,(H,13,17)(H,15,16). The molecule has 2 N–H and O–H groups in total. The molecule has 1 aromatic rings. The summed E-state index contributed by atoms with van der Waals surface area (Å²) >= 11 is 1.45. The summed E-state index contributed by atoms with van der Waals surface area (Å²) in [5, 5.41) is 11.8. The fourth-order valence-corrected chi connectivity index (χ4v) is 3.07. The zero-order chi connectivity index (χ0) is 13.8. The third-order valence-electron chi connectivity index (χ3n) is 2.89. The summed E-state index contributed by atoms with van der Waals surface area (Å²) in [5.41, 5.74) is 0. The molecule has 0 radical (unpaired) electrons. The Bertz CT molecular complexity index is 449. The Balaban J connectivity index is 1.88. The molecule has 0 spiro atoms. The summed E-state index contributed by atoms with van der Waals surface area (Å²) in [7, 11) is 0. The molecule has 2 unspecified atom stereocenters. The van der Waals surface area contributed by atoms with E-state index in [4.69, 9.17) is 9.52 Å². The van der Waals surface area contributed by atoms with Crippen LogP contribution in [0.3, 0.4) is 0 Å². The minimum atomic E-state index is -0.959. The molecule has 2 rings (SSSR count). The minimum absolute atomic E-state index is 0.112. The van der Waals surface area contributed by atoms with Crippen molar-refractivity contribution in [1.82, 2.24) is 10.2 Å². The first-order valence-electron chi connectivity index (χ1n) is 5.98. The highest BCUT2D eigenvalue weighted by Crippen LogP contribution is 2.21. The van der Waals surface area contributed by atoms with Crippen LogP contribution in [0.25, 0.3) is 0 Å². The van der Waals surface area contributed by atoms with Crippen LogP contribution in [0.5, 0.6) is 0 Å². The fourth-order valence-electron chi connectivity index (χ4n) is 1.92. The van der Waals surface area contributed by atoms with Gasteiger partial charge in [0, 0.05) is 18.2 Å². The average molecular weight is 284 g/mol. The van der Waals surface area contributed by atoms with Gasteiger partial charge in [0.15, 0.2) is 0 Å². The third-order valence-corrected chi connectivity index (χ3v) is 3.90. The largest absolute Gasteiger partial charge is 0.480 e. The molecule has 0 aliphatic carbocycles. The summed E-state index contributed by atoms with van der Waals surface area (Å²) < 4.78 is 5.21. The highest BCUT2D eigenvalue weighted by atomic mass is 32.2. The van der Waals surface area contributed by atoms with E-state index in [1.807, 2.05) is 13.0 Å². The molecule has 0 saturated carbocycles. The Morgan fingerprint density at radius 3 is 3.11 bits per heavy atom. The molecule has 1 saturated heterocycles. The Kier molecular flexibility index (Phi) is 4.36. The van der Waals surface area contributed by atoms with Crippen LogP contribution in [0, 0.1) is 0 Å². The number of carbonyl (C=O) groups excluding carboxylic acids is 1. The van der Waals surface area contributed by atoms with E-state index in [0.717, 1.165) is 5.76 Å². The predicted molar refractivity (Wildman–Crippen MR) is 71.0 cm³/mol. The van der Waals surface area contributed by atoms with E-state index < -0.39 is 12.0 Å². The van der Waals surface area contributed by atoms with Crippen molar-refractivity contribution in [3.8, 4) is 0 Å². The molecule has 2 atom stereocenters. The number of nitrogens with zero attached hydrogens (tertiary/aromatic N) is 1. The van der Waals surface area contributed by atoms with E-state index >= 15 is 0 Å². The molecular formula is C12H16N2O4S. The SMILES string of the molecule is CC(Cc1ccco1)NC(=O)N1CSCC1C(=O)O. The lowest BCUT2D eigenvalue weighted by molar-refractivity contribution is -0.140. The number of carboxylic acid groups (broad SMARTS) is 1. The Morgan fingerprint density at radius 2 is 2.47 bits per heavy atom. The van der Waals surface area contributed by atoms with Crippen LogP contribution in [0.2, 0.25) is 0 Å². The molecule has 1 aromatic heterocycles. The van der Waals surface area contributed by atoms with Crippen LogP contribution in [0.4, 0.5) is 4.79 Å². The van der Waals surface area contributed by atoms with Gasteiger partial charge in [0.25, 0.3) is 0 Å². The predicted octanol–water partition coefficient (Wildman–Crippen LogP) is 1.38. The van der Waals surface area contributed by atoms with E-state index in [2.05, 4.69) is 5.32 Å². The molecule has 2 amide bonds. The quantitative estimate of drug-likeness (QED) is 0.872. The number of rotatable bonds is 4. The van der Waals surface area contributed by atoms with Crippen LogP contribution >= 0.6 is 11.8 Å². The van der Waals surface area contributed by atoms with Gasteiger partial charge < -0.3 is 19.7 Å². The Morgan fingerprint density at radius 1 is 1.68 bits per heavy atom. The summed E-state index contributed by atoms with van der Waals surface area (Å²) in [6.07, 6.45) is 2.17. The van der Waals surface area contributed by atoms with Crippen molar-refractivity contribution in [3.05, 3.63) is 24.2 Å². The van der Waals surface area contributed by atoms with Crippen molar-refractivity contribution >= 4 is 23.8 Å².